The third-order valence-corrected chi connectivity index (χ3v) is 3.88. The number of anilines is 1. The van der Waals surface area contributed by atoms with E-state index in [1.54, 1.807) is 0 Å². The van der Waals surface area contributed by atoms with Crippen LogP contribution in [0.2, 0.25) is 0 Å². The number of carbonyl (C=O) groups excluding carboxylic acids is 1. The summed E-state index contributed by atoms with van der Waals surface area (Å²) in [5, 5.41) is 3.47. The van der Waals surface area contributed by atoms with Crippen LogP contribution in [-0.4, -0.2) is 24.0 Å². The van der Waals surface area contributed by atoms with Crippen LogP contribution in [0.3, 0.4) is 0 Å². The minimum absolute atomic E-state index is 0.0492. The van der Waals surface area contributed by atoms with Gasteiger partial charge in [0.1, 0.15) is 11.9 Å². The lowest BCUT2D eigenvalue weighted by atomic mass is 10.0. The van der Waals surface area contributed by atoms with Gasteiger partial charge in [-0.2, -0.15) is 0 Å². The van der Waals surface area contributed by atoms with Gasteiger partial charge in [0.2, 0.25) is 0 Å². The molecule has 1 unspecified atom stereocenters. The monoisotopic (exact) mass is 296 g/mol. The van der Waals surface area contributed by atoms with E-state index in [1.165, 1.54) is 0 Å². The first-order chi connectivity index (χ1) is 10.8. The Kier molecular flexibility index (Phi) is 4.00. The van der Waals surface area contributed by atoms with Crippen LogP contribution >= 0.6 is 0 Å². The predicted molar refractivity (Wildman–Crippen MR) is 87.1 cm³/mol. The highest BCUT2D eigenvalue weighted by molar-refractivity contribution is 6.01. The molecule has 0 aromatic heterocycles. The molecule has 0 saturated carbocycles. The van der Waals surface area contributed by atoms with Gasteiger partial charge in [0, 0.05) is 17.8 Å². The molecular weight excluding hydrogens is 276 g/mol. The molecule has 1 amide bonds. The molecule has 4 nitrogen and oxygen atoms in total. The Balaban J connectivity index is 2.05. The molecule has 0 fully saturated rings. The fraction of sp³-hybridized carbons (Fsp3) is 0.278. The van der Waals surface area contributed by atoms with E-state index in [4.69, 9.17) is 4.74 Å². The number of benzene rings is 2. The maximum atomic E-state index is 12.7. The van der Waals surface area contributed by atoms with E-state index in [9.17, 15) is 4.79 Å². The second-order valence-corrected chi connectivity index (χ2v) is 5.15. The normalized spacial score (nSPS) is 16.9. The third kappa shape index (κ3) is 2.41. The summed E-state index contributed by atoms with van der Waals surface area (Å²) < 4.78 is 5.73. The van der Waals surface area contributed by atoms with Crippen molar-refractivity contribution in [2.75, 3.05) is 18.5 Å². The number of ether oxygens (including phenoxy) is 1. The van der Waals surface area contributed by atoms with E-state index in [0.717, 1.165) is 22.6 Å². The summed E-state index contributed by atoms with van der Waals surface area (Å²) in [6.07, 6.45) is -0.213. The molecule has 1 heterocycles. The van der Waals surface area contributed by atoms with E-state index >= 15 is 0 Å². The van der Waals surface area contributed by atoms with Crippen LogP contribution in [0.25, 0.3) is 0 Å². The van der Waals surface area contributed by atoms with Crippen LogP contribution in [0.15, 0.2) is 48.5 Å². The summed E-state index contributed by atoms with van der Waals surface area (Å²) in [4.78, 5) is 14.6. The smallest absolute Gasteiger partial charge is 0.257 e. The minimum atomic E-state index is -0.213. The van der Waals surface area contributed by atoms with Crippen molar-refractivity contribution in [2.24, 2.45) is 0 Å². The molecule has 0 radical (unpaired) electrons. The summed E-state index contributed by atoms with van der Waals surface area (Å²) in [7, 11) is 0. The van der Waals surface area contributed by atoms with Crippen molar-refractivity contribution < 1.29 is 9.53 Å². The Bertz CT molecular complexity index is 684. The average molecular weight is 296 g/mol. The summed E-state index contributed by atoms with van der Waals surface area (Å²) in [6, 6.07) is 15.5. The van der Waals surface area contributed by atoms with Gasteiger partial charge >= 0.3 is 0 Å². The molecule has 22 heavy (non-hydrogen) atoms. The Morgan fingerprint density at radius 2 is 1.82 bits per heavy atom. The van der Waals surface area contributed by atoms with Crippen LogP contribution in [0.5, 0.6) is 5.75 Å². The van der Waals surface area contributed by atoms with Gasteiger partial charge in [0.05, 0.1) is 12.2 Å². The topological polar surface area (TPSA) is 41.6 Å². The van der Waals surface area contributed by atoms with E-state index < -0.39 is 0 Å². The largest absolute Gasteiger partial charge is 0.493 e. The van der Waals surface area contributed by atoms with Crippen LogP contribution < -0.4 is 10.1 Å². The quantitative estimate of drug-likeness (QED) is 0.936. The zero-order valence-electron chi connectivity index (χ0n) is 12.9. The number of rotatable bonds is 4. The number of fused-ring (bicyclic) bond motifs is 1. The maximum Gasteiger partial charge on any atom is 0.257 e. The van der Waals surface area contributed by atoms with E-state index in [1.807, 2.05) is 67.3 Å². The molecule has 3 rings (SSSR count). The molecule has 1 atom stereocenters. The number of hydrogen-bond acceptors (Lipinski definition) is 3. The molecule has 2 aromatic rings. The highest BCUT2D eigenvalue weighted by Gasteiger charge is 2.33. The summed E-state index contributed by atoms with van der Waals surface area (Å²) in [6.45, 7) is 5.18. The summed E-state index contributed by atoms with van der Waals surface area (Å²) in [5.74, 6) is 0.862. The molecule has 114 valence electrons. The molecule has 1 aliphatic rings. The van der Waals surface area contributed by atoms with Gasteiger partial charge in [-0.15, -0.1) is 0 Å². The fourth-order valence-electron chi connectivity index (χ4n) is 2.86. The molecule has 0 bridgehead atoms. The van der Waals surface area contributed by atoms with Crippen molar-refractivity contribution in [3.05, 3.63) is 59.7 Å². The van der Waals surface area contributed by atoms with Gasteiger partial charge in [0.25, 0.3) is 5.91 Å². The van der Waals surface area contributed by atoms with Gasteiger partial charge < -0.3 is 15.0 Å². The van der Waals surface area contributed by atoms with Crippen molar-refractivity contribution >= 4 is 11.6 Å². The molecular formula is C18H20N2O2. The first kappa shape index (κ1) is 14.4. The second kappa shape index (κ2) is 6.10. The third-order valence-electron chi connectivity index (χ3n) is 3.88. The van der Waals surface area contributed by atoms with Gasteiger partial charge in [-0.05, 0) is 32.0 Å². The second-order valence-electron chi connectivity index (χ2n) is 5.15. The fourth-order valence-corrected chi connectivity index (χ4v) is 2.86. The zero-order chi connectivity index (χ0) is 15.5. The van der Waals surface area contributed by atoms with Gasteiger partial charge in [0.15, 0.2) is 0 Å². The summed E-state index contributed by atoms with van der Waals surface area (Å²) >= 11 is 0. The number of carbonyl (C=O) groups is 1. The average Bonchev–Trinajstić information content (AvgIpc) is 2.56. The van der Waals surface area contributed by atoms with Gasteiger partial charge in [-0.25, -0.2) is 0 Å². The van der Waals surface area contributed by atoms with Crippen LogP contribution in [0.1, 0.15) is 35.9 Å². The lowest BCUT2D eigenvalue weighted by Gasteiger charge is -2.38. The molecule has 1 N–H and O–H groups in total. The Hall–Kier alpha value is -2.49. The number of amides is 1. The SMILES string of the molecule is CCOc1ccccc1C1Nc2ccccc2C(=O)N1CC. The first-order valence-electron chi connectivity index (χ1n) is 7.64. The molecule has 2 aromatic carbocycles. The number of nitrogens with zero attached hydrogens (tertiary/aromatic N) is 1. The van der Waals surface area contributed by atoms with Crippen molar-refractivity contribution in [1.82, 2.24) is 4.90 Å². The van der Waals surface area contributed by atoms with Crippen LogP contribution in [0, 0.1) is 0 Å². The molecule has 0 aliphatic carbocycles. The minimum Gasteiger partial charge on any atom is -0.493 e. The Labute approximate surface area is 130 Å². The number of nitrogens with one attached hydrogen (secondary N) is 1. The standard InChI is InChI=1S/C18H20N2O2/c1-3-20-17(14-10-6-8-12-16(14)22-4-2)19-15-11-7-5-9-13(15)18(20)21/h5-12,17,19H,3-4H2,1-2H3. The van der Waals surface area contributed by atoms with Crippen molar-refractivity contribution in [3.63, 3.8) is 0 Å². The molecule has 0 spiro atoms. The van der Waals surface area contributed by atoms with Crippen molar-refractivity contribution in [3.8, 4) is 5.75 Å². The maximum absolute atomic E-state index is 12.7. The Morgan fingerprint density at radius 3 is 2.59 bits per heavy atom. The number of hydrogen-bond donors (Lipinski definition) is 1. The predicted octanol–water partition coefficient (Wildman–Crippen LogP) is 3.67. The zero-order valence-corrected chi connectivity index (χ0v) is 12.9. The van der Waals surface area contributed by atoms with E-state index in [2.05, 4.69) is 5.32 Å². The first-order valence-corrected chi connectivity index (χ1v) is 7.64. The highest BCUT2D eigenvalue weighted by Crippen LogP contribution is 2.36. The molecule has 4 heteroatoms. The van der Waals surface area contributed by atoms with Crippen LogP contribution in [0.4, 0.5) is 5.69 Å². The lowest BCUT2D eigenvalue weighted by molar-refractivity contribution is 0.0692. The lowest BCUT2D eigenvalue weighted by Crippen LogP contribution is -2.42. The van der Waals surface area contributed by atoms with E-state index in [0.29, 0.717) is 13.2 Å². The number of para-hydroxylation sites is 2. The molecule has 1 aliphatic heterocycles. The van der Waals surface area contributed by atoms with Crippen molar-refractivity contribution in [2.45, 2.75) is 20.0 Å². The molecule has 0 saturated heterocycles. The van der Waals surface area contributed by atoms with Crippen LogP contribution in [-0.2, 0) is 0 Å². The Morgan fingerprint density at radius 1 is 1.09 bits per heavy atom. The highest BCUT2D eigenvalue weighted by atomic mass is 16.5. The van der Waals surface area contributed by atoms with Crippen molar-refractivity contribution in [1.29, 1.82) is 0 Å². The van der Waals surface area contributed by atoms with Gasteiger partial charge in [-0.1, -0.05) is 30.3 Å². The van der Waals surface area contributed by atoms with E-state index in [-0.39, 0.29) is 12.1 Å². The summed E-state index contributed by atoms with van der Waals surface area (Å²) in [5.41, 5.74) is 2.57. The van der Waals surface area contributed by atoms with Gasteiger partial charge in [-0.3, -0.25) is 4.79 Å².